The molecule has 0 saturated carbocycles. The SMILES string of the molecule is CCOc1cc(NCC(F)(F)F)ncn1. The molecule has 7 heteroatoms. The van der Waals surface area contributed by atoms with E-state index in [1.807, 2.05) is 0 Å². The lowest BCUT2D eigenvalue weighted by Gasteiger charge is -2.09. The quantitative estimate of drug-likeness (QED) is 0.842. The van der Waals surface area contributed by atoms with E-state index in [4.69, 9.17) is 4.74 Å². The Balaban J connectivity index is 2.57. The Labute approximate surface area is 84.5 Å². The standard InChI is InChI=1S/C8H10F3N3O/c1-2-15-7-3-6(13-5-14-7)12-4-8(9,10)11/h3,5H,2,4H2,1H3,(H,12,13,14). The number of nitrogens with zero attached hydrogens (tertiary/aromatic N) is 2. The van der Waals surface area contributed by atoms with Crippen molar-refractivity contribution in [1.82, 2.24) is 9.97 Å². The van der Waals surface area contributed by atoms with Gasteiger partial charge in [-0.05, 0) is 6.92 Å². The summed E-state index contributed by atoms with van der Waals surface area (Å²) in [5.41, 5.74) is 0. The summed E-state index contributed by atoms with van der Waals surface area (Å²) >= 11 is 0. The molecule has 0 aliphatic carbocycles. The number of hydrogen-bond acceptors (Lipinski definition) is 4. The smallest absolute Gasteiger partial charge is 0.405 e. The molecule has 1 aromatic rings. The lowest BCUT2D eigenvalue weighted by atomic mass is 10.5. The number of alkyl halides is 3. The fourth-order valence-electron chi connectivity index (χ4n) is 0.854. The third kappa shape index (κ3) is 4.48. The zero-order valence-corrected chi connectivity index (χ0v) is 8.01. The van der Waals surface area contributed by atoms with Crippen molar-refractivity contribution in [3.05, 3.63) is 12.4 Å². The Morgan fingerprint density at radius 3 is 2.73 bits per heavy atom. The topological polar surface area (TPSA) is 47.0 Å². The van der Waals surface area contributed by atoms with E-state index in [9.17, 15) is 13.2 Å². The van der Waals surface area contributed by atoms with Gasteiger partial charge in [-0.15, -0.1) is 0 Å². The first-order valence-electron chi connectivity index (χ1n) is 4.26. The van der Waals surface area contributed by atoms with Crippen LogP contribution in [0.4, 0.5) is 19.0 Å². The number of aromatic nitrogens is 2. The summed E-state index contributed by atoms with van der Waals surface area (Å²) in [6.45, 7) is 1.02. The molecule has 4 nitrogen and oxygen atoms in total. The molecule has 0 atom stereocenters. The Kier molecular flexibility index (Phi) is 3.70. The van der Waals surface area contributed by atoms with Gasteiger partial charge in [-0.3, -0.25) is 0 Å². The van der Waals surface area contributed by atoms with E-state index in [0.717, 1.165) is 6.33 Å². The molecule has 0 fully saturated rings. The van der Waals surface area contributed by atoms with E-state index in [1.165, 1.54) is 6.07 Å². The number of rotatable bonds is 4. The Morgan fingerprint density at radius 2 is 2.13 bits per heavy atom. The fourth-order valence-corrected chi connectivity index (χ4v) is 0.854. The minimum Gasteiger partial charge on any atom is -0.478 e. The summed E-state index contributed by atoms with van der Waals surface area (Å²) in [5.74, 6) is 0.336. The number of anilines is 1. The van der Waals surface area contributed by atoms with Gasteiger partial charge in [-0.25, -0.2) is 9.97 Å². The summed E-state index contributed by atoms with van der Waals surface area (Å²) in [4.78, 5) is 7.34. The van der Waals surface area contributed by atoms with E-state index in [1.54, 1.807) is 6.92 Å². The van der Waals surface area contributed by atoms with Crippen LogP contribution >= 0.6 is 0 Å². The van der Waals surface area contributed by atoms with E-state index in [-0.39, 0.29) is 11.7 Å². The first kappa shape index (κ1) is 11.5. The summed E-state index contributed by atoms with van der Waals surface area (Å²) in [6.07, 6.45) is -3.12. The van der Waals surface area contributed by atoms with Crippen LogP contribution in [0.3, 0.4) is 0 Å². The molecule has 0 aromatic carbocycles. The van der Waals surface area contributed by atoms with Crippen LogP contribution in [0.15, 0.2) is 12.4 Å². The molecule has 0 spiro atoms. The average Bonchev–Trinajstić information content (AvgIpc) is 2.15. The second-order valence-corrected chi connectivity index (χ2v) is 2.64. The minimum atomic E-state index is -4.27. The Bertz CT molecular complexity index is 316. The van der Waals surface area contributed by atoms with Crippen molar-refractivity contribution < 1.29 is 17.9 Å². The molecule has 1 heterocycles. The maximum Gasteiger partial charge on any atom is 0.405 e. The summed E-state index contributed by atoms with van der Waals surface area (Å²) < 4.78 is 40.6. The number of hydrogen-bond donors (Lipinski definition) is 1. The third-order valence-corrected chi connectivity index (χ3v) is 1.40. The molecule has 0 saturated heterocycles. The molecule has 1 rings (SSSR count). The molecule has 1 aromatic heterocycles. The second-order valence-electron chi connectivity index (χ2n) is 2.64. The highest BCUT2D eigenvalue weighted by atomic mass is 19.4. The second kappa shape index (κ2) is 4.81. The van der Waals surface area contributed by atoms with Crippen LogP contribution in [0.2, 0.25) is 0 Å². The molecule has 0 bridgehead atoms. The highest BCUT2D eigenvalue weighted by molar-refractivity contribution is 5.37. The van der Waals surface area contributed by atoms with E-state index in [0.29, 0.717) is 6.61 Å². The molecular formula is C8H10F3N3O. The van der Waals surface area contributed by atoms with Gasteiger partial charge < -0.3 is 10.1 Å². The highest BCUT2D eigenvalue weighted by Gasteiger charge is 2.26. The maximum absolute atomic E-state index is 11.9. The molecule has 0 unspecified atom stereocenters. The van der Waals surface area contributed by atoms with Crippen LogP contribution < -0.4 is 10.1 Å². The Morgan fingerprint density at radius 1 is 1.40 bits per heavy atom. The molecule has 1 N–H and O–H groups in total. The van der Waals surface area contributed by atoms with Crippen molar-refractivity contribution in [3.63, 3.8) is 0 Å². The predicted octanol–water partition coefficient (Wildman–Crippen LogP) is 1.85. The van der Waals surface area contributed by atoms with E-state index < -0.39 is 12.7 Å². The molecule has 0 aliphatic rings. The van der Waals surface area contributed by atoms with Crippen LogP contribution in [0.25, 0.3) is 0 Å². The normalized spacial score (nSPS) is 11.2. The van der Waals surface area contributed by atoms with Crippen molar-refractivity contribution in [2.24, 2.45) is 0 Å². The van der Waals surface area contributed by atoms with Crippen molar-refractivity contribution in [2.45, 2.75) is 13.1 Å². The Hall–Kier alpha value is -1.53. The highest BCUT2D eigenvalue weighted by Crippen LogP contribution is 2.16. The average molecular weight is 221 g/mol. The van der Waals surface area contributed by atoms with Crippen molar-refractivity contribution in [3.8, 4) is 5.88 Å². The van der Waals surface area contributed by atoms with E-state index >= 15 is 0 Å². The molecule has 0 radical (unpaired) electrons. The number of nitrogens with one attached hydrogen (secondary N) is 1. The molecule has 84 valence electrons. The third-order valence-electron chi connectivity index (χ3n) is 1.40. The van der Waals surface area contributed by atoms with Gasteiger partial charge in [-0.2, -0.15) is 13.2 Å². The van der Waals surface area contributed by atoms with Gasteiger partial charge >= 0.3 is 6.18 Å². The first-order valence-corrected chi connectivity index (χ1v) is 4.26. The van der Waals surface area contributed by atoms with Crippen molar-refractivity contribution in [1.29, 1.82) is 0 Å². The van der Waals surface area contributed by atoms with Gasteiger partial charge in [0.15, 0.2) is 0 Å². The van der Waals surface area contributed by atoms with Gasteiger partial charge in [-0.1, -0.05) is 0 Å². The first-order chi connectivity index (χ1) is 7.01. The predicted molar refractivity (Wildman–Crippen MR) is 47.7 cm³/mol. The molecule has 15 heavy (non-hydrogen) atoms. The van der Waals surface area contributed by atoms with Gasteiger partial charge in [0.1, 0.15) is 18.7 Å². The van der Waals surface area contributed by atoms with Crippen molar-refractivity contribution in [2.75, 3.05) is 18.5 Å². The minimum absolute atomic E-state index is 0.0887. The summed E-state index contributed by atoms with van der Waals surface area (Å²) in [7, 11) is 0. The molecular weight excluding hydrogens is 211 g/mol. The largest absolute Gasteiger partial charge is 0.478 e. The lowest BCUT2D eigenvalue weighted by Crippen LogP contribution is -2.21. The van der Waals surface area contributed by atoms with Gasteiger partial charge in [0.2, 0.25) is 5.88 Å². The van der Waals surface area contributed by atoms with Crippen molar-refractivity contribution >= 4 is 5.82 Å². The molecule has 0 aliphatic heterocycles. The van der Waals surface area contributed by atoms with Crippen LogP contribution in [0, 0.1) is 0 Å². The zero-order chi connectivity index (χ0) is 11.3. The molecule has 0 amide bonds. The van der Waals surface area contributed by atoms with E-state index in [2.05, 4.69) is 15.3 Å². The fraction of sp³-hybridized carbons (Fsp3) is 0.500. The zero-order valence-electron chi connectivity index (χ0n) is 8.01. The van der Waals surface area contributed by atoms with Crippen LogP contribution in [-0.4, -0.2) is 29.3 Å². The number of ether oxygens (including phenoxy) is 1. The summed E-state index contributed by atoms with van der Waals surface area (Å²) in [5, 5.41) is 2.13. The summed E-state index contributed by atoms with van der Waals surface area (Å²) in [6, 6.07) is 1.31. The number of halogens is 3. The van der Waals surface area contributed by atoms with Crippen LogP contribution in [0.1, 0.15) is 6.92 Å². The lowest BCUT2D eigenvalue weighted by molar-refractivity contribution is -0.115. The van der Waals surface area contributed by atoms with Gasteiger partial charge in [0.05, 0.1) is 6.61 Å². The van der Waals surface area contributed by atoms with Gasteiger partial charge in [0, 0.05) is 6.07 Å². The van der Waals surface area contributed by atoms with Crippen LogP contribution in [-0.2, 0) is 0 Å². The monoisotopic (exact) mass is 221 g/mol. The van der Waals surface area contributed by atoms with Crippen LogP contribution in [0.5, 0.6) is 5.88 Å². The van der Waals surface area contributed by atoms with Gasteiger partial charge in [0.25, 0.3) is 0 Å². The maximum atomic E-state index is 11.9.